The highest BCUT2D eigenvalue weighted by Gasteiger charge is 2.52. The van der Waals surface area contributed by atoms with E-state index < -0.39 is 0 Å². The Morgan fingerprint density at radius 2 is 1.67 bits per heavy atom. The molecule has 1 aromatic rings. The van der Waals surface area contributed by atoms with E-state index in [9.17, 15) is 0 Å². The molecule has 82 valence electrons. The van der Waals surface area contributed by atoms with Gasteiger partial charge in [-0.05, 0) is 39.8 Å². The second kappa shape index (κ2) is 3.13. The van der Waals surface area contributed by atoms with Crippen LogP contribution in [0.2, 0.25) is 0 Å². The van der Waals surface area contributed by atoms with Crippen molar-refractivity contribution in [1.29, 1.82) is 0 Å². The van der Waals surface area contributed by atoms with Crippen molar-refractivity contribution in [3.05, 3.63) is 18.3 Å². The van der Waals surface area contributed by atoms with E-state index in [1.54, 1.807) is 0 Å². The van der Waals surface area contributed by atoms with Crippen LogP contribution in [0.5, 0.6) is 0 Å². The highest BCUT2D eigenvalue weighted by Crippen LogP contribution is 2.36. The van der Waals surface area contributed by atoms with Gasteiger partial charge in [0.2, 0.25) is 0 Å². The fourth-order valence-electron chi connectivity index (χ4n) is 1.68. The molecule has 1 aliphatic rings. The van der Waals surface area contributed by atoms with E-state index in [2.05, 4.69) is 27.7 Å². The van der Waals surface area contributed by atoms with Crippen LogP contribution < -0.4 is 5.59 Å². The molecule has 0 spiro atoms. The molecule has 0 amide bonds. The first-order valence-electron chi connectivity index (χ1n) is 5.30. The van der Waals surface area contributed by atoms with E-state index in [0.717, 1.165) is 5.59 Å². The molecule has 0 atom stereocenters. The monoisotopic (exact) mass is 207 g/mol. The number of rotatable bonds is 1. The molecule has 0 saturated carbocycles. The molecule has 0 aliphatic carbocycles. The molecule has 0 unspecified atom stereocenters. The zero-order chi connectivity index (χ0) is 11.3. The van der Waals surface area contributed by atoms with Gasteiger partial charge in [0.05, 0.1) is 11.2 Å². The van der Waals surface area contributed by atoms with E-state index in [1.165, 1.54) is 0 Å². The van der Waals surface area contributed by atoms with Gasteiger partial charge in [0.1, 0.15) is 0 Å². The molecule has 0 N–H and O–H groups in total. The van der Waals surface area contributed by atoms with Crippen molar-refractivity contribution in [1.82, 2.24) is 4.57 Å². The van der Waals surface area contributed by atoms with Crippen LogP contribution in [0.15, 0.2) is 18.3 Å². The molecule has 1 aromatic heterocycles. The molecular formula is C11H18BNO2. The molecule has 0 radical (unpaired) electrons. The van der Waals surface area contributed by atoms with Crippen molar-refractivity contribution >= 4 is 12.7 Å². The summed E-state index contributed by atoms with van der Waals surface area (Å²) < 4.78 is 13.9. The molecule has 2 rings (SSSR count). The zero-order valence-corrected chi connectivity index (χ0v) is 10.1. The number of aromatic nitrogens is 1. The molecule has 4 heteroatoms. The van der Waals surface area contributed by atoms with E-state index in [0.29, 0.717) is 0 Å². The smallest absolute Gasteiger partial charge is 0.398 e. The average Bonchev–Trinajstić information content (AvgIpc) is 2.55. The number of nitrogens with zero attached hydrogens (tertiary/aromatic N) is 1. The van der Waals surface area contributed by atoms with Gasteiger partial charge in [0, 0.05) is 18.8 Å². The van der Waals surface area contributed by atoms with Crippen LogP contribution in [0, 0.1) is 0 Å². The van der Waals surface area contributed by atoms with Gasteiger partial charge >= 0.3 is 7.12 Å². The quantitative estimate of drug-likeness (QED) is 0.648. The van der Waals surface area contributed by atoms with Crippen LogP contribution in [-0.2, 0) is 16.4 Å². The summed E-state index contributed by atoms with van der Waals surface area (Å²) in [6, 6.07) is 4.03. The lowest BCUT2D eigenvalue weighted by atomic mass is 9.85. The van der Waals surface area contributed by atoms with Crippen molar-refractivity contribution in [3.63, 3.8) is 0 Å². The largest absolute Gasteiger partial charge is 0.512 e. The van der Waals surface area contributed by atoms with Crippen molar-refractivity contribution in [3.8, 4) is 0 Å². The Labute approximate surface area is 91.5 Å². The zero-order valence-electron chi connectivity index (χ0n) is 10.1. The van der Waals surface area contributed by atoms with E-state index in [4.69, 9.17) is 9.31 Å². The minimum absolute atomic E-state index is 0.255. The minimum atomic E-state index is -0.262. The SMILES string of the molecule is Cn1cccc1B1OC(C)(C)C(C)(C)O1. The van der Waals surface area contributed by atoms with Gasteiger partial charge in [-0.25, -0.2) is 0 Å². The van der Waals surface area contributed by atoms with Crippen LogP contribution in [0.4, 0.5) is 0 Å². The van der Waals surface area contributed by atoms with E-state index in [1.807, 2.05) is 29.9 Å². The minimum Gasteiger partial charge on any atom is -0.398 e. The normalized spacial score (nSPS) is 23.4. The predicted molar refractivity (Wildman–Crippen MR) is 61.1 cm³/mol. The average molecular weight is 207 g/mol. The van der Waals surface area contributed by atoms with Gasteiger partial charge in [-0.15, -0.1) is 0 Å². The van der Waals surface area contributed by atoms with Crippen LogP contribution >= 0.6 is 0 Å². The number of hydrogen-bond donors (Lipinski definition) is 0. The number of hydrogen-bond acceptors (Lipinski definition) is 2. The summed E-state index contributed by atoms with van der Waals surface area (Å²) in [6.07, 6.45) is 2.00. The molecule has 1 aliphatic heterocycles. The Kier molecular flexibility index (Phi) is 2.24. The molecule has 0 aromatic carbocycles. The molecule has 0 bridgehead atoms. The molecule has 3 nitrogen and oxygen atoms in total. The summed E-state index contributed by atoms with van der Waals surface area (Å²) in [5.41, 5.74) is 0.540. The first-order valence-corrected chi connectivity index (χ1v) is 5.30. The fourth-order valence-corrected chi connectivity index (χ4v) is 1.68. The second-order valence-electron chi connectivity index (χ2n) is 5.13. The summed E-state index contributed by atoms with van der Waals surface area (Å²) in [5, 5.41) is 0. The van der Waals surface area contributed by atoms with Gasteiger partial charge < -0.3 is 13.9 Å². The summed E-state index contributed by atoms with van der Waals surface area (Å²) in [7, 11) is 1.75. The number of aryl methyl sites for hydroxylation is 1. The fraction of sp³-hybridized carbons (Fsp3) is 0.636. The predicted octanol–water partition coefficient (Wildman–Crippen LogP) is 1.32. The van der Waals surface area contributed by atoms with Crippen LogP contribution in [0.3, 0.4) is 0 Å². The van der Waals surface area contributed by atoms with Crippen LogP contribution in [0.1, 0.15) is 27.7 Å². The third-order valence-corrected chi connectivity index (χ3v) is 3.48. The molecule has 15 heavy (non-hydrogen) atoms. The lowest BCUT2D eigenvalue weighted by Crippen LogP contribution is -2.41. The Bertz CT molecular complexity index is 354. The van der Waals surface area contributed by atoms with E-state index >= 15 is 0 Å². The first-order chi connectivity index (χ1) is 6.83. The molecule has 1 saturated heterocycles. The summed E-state index contributed by atoms with van der Waals surface area (Å²) >= 11 is 0. The summed E-state index contributed by atoms with van der Waals surface area (Å²) in [5.74, 6) is 0. The summed E-state index contributed by atoms with van der Waals surface area (Å²) in [6.45, 7) is 8.26. The Morgan fingerprint density at radius 3 is 2.07 bits per heavy atom. The Balaban J connectivity index is 2.27. The van der Waals surface area contributed by atoms with Crippen molar-refractivity contribution < 1.29 is 9.31 Å². The Morgan fingerprint density at radius 1 is 1.13 bits per heavy atom. The highest BCUT2D eigenvalue weighted by molar-refractivity contribution is 6.61. The highest BCUT2D eigenvalue weighted by atomic mass is 16.7. The Hall–Kier alpha value is -0.735. The van der Waals surface area contributed by atoms with Gasteiger partial charge in [-0.1, -0.05) is 0 Å². The van der Waals surface area contributed by atoms with Gasteiger partial charge in [-0.2, -0.15) is 0 Å². The lowest BCUT2D eigenvalue weighted by Gasteiger charge is -2.32. The third kappa shape index (κ3) is 1.62. The topological polar surface area (TPSA) is 23.4 Å². The van der Waals surface area contributed by atoms with E-state index in [-0.39, 0.29) is 18.3 Å². The van der Waals surface area contributed by atoms with Gasteiger partial charge in [0.15, 0.2) is 0 Å². The molecular weight excluding hydrogens is 189 g/mol. The third-order valence-electron chi connectivity index (χ3n) is 3.48. The standard InChI is InChI=1S/C11H18BNO2/c1-10(2)11(3,4)15-12(14-10)9-7-6-8-13(9)5/h6-8H,1-5H3. The lowest BCUT2D eigenvalue weighted by molar-refractivity contribution is 0.00578. The maximum Gasteiger partial charge on any atom is 0.512 e. The second-order valence-corrected chi connectivity index (χ2v) is 5.13. The maximum absolute atomic E-state index is 5.95. The maximum atomic E-state index is 5.95. The summed E-state index contributed by atoms with van der Waals surface area (Å²) in [4.78, 5) is 0. The van der Waals surface area contributed by atoms with Gasteiger partial charge in [0.25, 0.3) is 0 Å². The van der Waals surface area contributed by atoms with Crippen LogP contribution in [-0.4, -0.2) is 22.9 Å². The first kappa shape index (κ1) is 10.8. The van der Waals surface area contributed by atoms with Gasteiger partial charge in [-0.3, -0.25) is 0 Å². The van der Waals surface area contributed by atoms with Crippen molar-refractivity contribution in [2.75, 3.05) is 0 Å². The van der Waals surface area contributed by atoms with Crippen molar-refractivity contribution in [2.24, 2.45) is 7.05 Å². The molecule has 1 fully saturated rings. The molecule has 2 heterocycles. The van der Waals surface area contributed by atoms with Crippen LogP contribution in [0.25, 0.3) is 0 Å². The van der Waals surface area contributed by atoms with Crippen molar-refractivity contribution in [2.45, 2.75) is 38.9 Å².